The summed E-state index contributed by atoms with van der Waals surface area (Å²) in [6.45, 7) is -0.488. The van der Waals surface area contributed by atoms with Gasteiger partial charge in [0.05, 0.1) is 12.3 Å². The molecular weight excluding hydrogens is 320 g/mol. The van der Waals surface area contributed by atoms with Gasteiger partial charge in [0.15, 0.2) is 6.23 Å². The summed E-state index contributed by atoms with van der Waals surface area (Å²) < 4.78 is 7.93. The first-order chi connectivity index (χ1) is 11.4. The van der Waals surface area contributed by atoms with E-state index in [1.807, 2.05) is 0 Å². The summed E-state index contributed by atoms with van der Waals surface area (Å²) in [6, 6.07) is 0. The zero-order valence-corrected chi connectivity index (χ0v) is 12.8. The Kier molecular flexibility index (Phi) is 4.32. The van der Waals surface area contributed by atoms with Crippen molar-refractivity contribution in [2.24, 2.45) is 7.05 Å². The van der Waals surface area contributed by atoms with Crippen LogP contribution in [-0.4, -0.2) is 64.8 Å². The third kappa shape index (κ3) is 2.89. The van der Waals surface area contributed by atoms with Crippen LogP contribution in [0.4, 0.5) is 5.82 Å². The number of hydrogen-bond acceptors (Lipinski definition) is 9. The number of anilines is 1. The minimum atomic E-state index is -1.38. The molecule has 5 N–H and O–H groups in total. The summed E-state index contributed by atoms with van der Waals surface area (Å²) in [6.07, 6.45) is -1.47. The lowest BCUT2D eigenvalue weighted by molar-refractivity contribution is -0.0550. The number of aryl methyl sites for hydroxylation is 1. The van der Waals surface area contributed by atoms with Crippen molar-refractivity contribution in [2.45, 2.75) is 31.0 Å². The number of nitrogens with two attached hydrogens (primary N) is 1. The number of rotatable bonds is 4. The van der Waals surface area contributed by atoms with Crippen LogP contribution < -0.4 is 11.4 Å². The van der Waals surface area contributed by atoms with E-state index in [9.17, 15) is 15.0 Å². The van der Waals surface area contributed by atoms with Crippen molar-refractivity contribution in [3.8, 4) is 0 Å². The Morgan fingerprint density at radius 3 is 2.67 bits per heavy atom. The van der Waals surface area contributed by atoms with Gasteiger partial charge in [-0.15, -0.1) is 5.10 Å². The topological polar surface area (TPSA) is 162 Å². The molecule has 4 atom stereocenters. The molecule has 0 bridgehead atoms. The molecule has 1 aliphatic heterocycles. The maximum Gasteiger partial charge on any atom is 0.351 e. The number of ether oxygens (including phenoxy) is 1. The van der Waals surface area contributed by atoms with Gasteiger partial charge in [0.2, 0.25) is 0 Å². The van der Waals surface area contributed by atoms with Crippen molar-refractivity contribution in [3.05, 3.63) is 34.1 Å². The molecule has 11 nitrogen and oxygen atoms in total. The minimum absolute atomic E-state index is 0.0358. The van der Waals surface area contributed by atoms with Crippen molar-refractivity contribution in [3.63, 3.8) is 0 Å². The second-order valence-electron chi connectivity index (χ2n) is 5.63. The van der Waals surface area contributed by atoms with Gasteiger partial charge in [0.1, 0.15) is 24.1 Å². The molecule has 1 aliphatic rings. The van der Waals surface area contributed by atoms with Crippen molar-refractivity contribution >= 4 is 5.82 Å². The molecule has 0 aromatic carbocycles. The minimum Gasteiger partial charge on any atom is -0.394 e. The zero-order chi connectivity index (χ0) is 17.4. The summed E-state index contributed by atoms with van der Waals surface area (Å²) in [5.41, 5.74) is 6.17. The van der Waals surface area contributed by atoms with Crippen LogP contribution in [0, 0.1) is 0 Å². The number of nitrogen functional groups attached to an aromatic ring is 1. The van der Waals surface area contributed by atoms with Crippen LogP contribution in [0.25, 0.3) is 0 Å². The molecule has 2 aromatic heterocycles. The molecule has 0 spiro atoms. The highest BCUT2D eigenvalue weighted by Gasteiger charge is 2.43. The molecule has 0 aliphatic carbocycles. The van der Waals surface area contributed by atoms with E-state index in [4.69, 9.17) is 15.6 Å². The first kappa shape index (κ1) is 16.5. The number of hydrogen-bond donors (Lipinski definition) is 4. The maximum absolute atomic E-state index is 12.1. The Morgan fingerprint density at radius 2 is 2.08 bits per heavy atom. The summed E-state index contributed by atoms with van der Waals surface area (Å²) >= 11 is 0. The highest BCUT2D eigenvalue weighted by Crippen LogP contribution is 2.28. The molecule has 0 amide bonds. The average Bonchev–Trinajstić information content (AvgIpc) is 3.07. The van der Waals surface area contributed by atoms with Crippen LogP contribution in [0.3, 0.4) is 0 Å². The van der Waals surface area contributed by atoms with Gasteiger partial charge < -0.3 is 25.8 Å². The fraction of sp³-hybridized carbons (Fsp3) is 0.538. The third-order valence-electron chi connectivity index (χ3n) is 3.87. The predicted octanol–water partition coefficient (Wildman–Crippen LogP) is -2.84. The van der Waals surface area contributed by atoms with Crippen LogP contribution in [0.5, 0.6) is 0 Å². The van der Waals surface area contributed by atoms with Crippen LogP contribution in [0.15, 0.2) is 17.2 Å². The molecule has 3 rings (SSSR count). The Balaban J connectivity index is 1.94. The molecule has 0 radical (unpaired) electrons. The average molecular weight is 338 g/mol. The Hall–Kier alpha value is -2.34. The van der Waals surface area contributed by atoms with Crippen molar-refractivity contribution in [1.29, 1.82) is 0 Å². The largest absolute Gasteiger partial charge is 0.394 e. The van der Waals surface area contributed by atoms with Gasteiger partial charge in [-0.1, -0.05) is 5.21 Å². The molecule has 3 heterocycles. The van der Waals surface area contributed by atoms with E-state index in [1.165, 1.54) is 10.9 Å². The van der Waals surface area contributed by atoms with Gasteiger partial charge >= 0.3 is 5.69 Å². The van der Waals surface area contributed by atoms with Crippen molar-refractivity contribution in [2.75, 3.05) is 12.3 Å². The van der Waals surface area contributed by atoms with Crippen molar-refractivity contribution < 1.29 is 20.1 Å². The molecule has 24 heavy (non-hydrogen) atoms. The summed E-state index contributed by atoms with van der Waals surface area (Å²) in [5, 5.41) is 36.8. The van der Waals surface area contributed by atoms with Crippen LogP contribution >= 0.6 is 0 Å². The van der Waals surface area contributed by atoms with Crippen LogP contribution in [0.2, 0.25) is 0 Å². The number of aliphatic hydroxyl groups excluding tert-OH is 3. The van der Waals surface area contributed by atoms with E-state index < -0.39 is 36.8 Å². The monoisotopic (exact) mass is 338 g/mol. The van der Waals surface area contributed by atoms with E-state index in [-0.39, 0.29) is 12.2 Å². The van der Waals surface area contributed by atoms with E-state index in [0.29, 0.717) is 11.3 Å². The fourth-order valence-electron chi connectivity index (χ4n) is 2.62. The normalized spacial score (nSPS) is 26.8. The molecule has 1 fully saturated rings. The van der Waals surface area contributed by atoms with Gasteiger partial charge in [0, 0.05) is 31.4 Å². The predicted molar refractivity (Wildman–Crippen MR) is 79.7 cm³/mol. The standard InChI is InChI=1S/C13H18N6O5/c1-18-4-7(16-17-18)2-6-3-19(13(23)15-11(6)14)12-10(22)9(21)8(5-20)24-12/h3-4,8-10,12,20-22H,2,5H2,1H3,(H2,14,15,23)/t8-,9?,10+,12-/m1/s1. The summed E-state index contributed by atoms with van der Waals surface area (Å²) in [7, 11) is 1.72. The van der Waals surface area contributed by atoms with E-state index in [2.05, 4.69) is 15.3 Å². The number of nitrogens with zero attached hydrogens (tertiary/aromatic N) is 5. The second-order valence-corrected chi connectivity index (χ2v) is 5.63. The zero-order valence-electron chi connectivity index (χ0n) is 12.8. The van der Waals surface area contributed by atoms with Crippen LogP contribution in [0.1, 0.15) is 17.5 Å². The van der Waals surface area contributed by atoms with Gasteiger partial charge in [-0.2, -0.15) is 4.98 Å². The highest BCUT2D eigenvalue weighted by atomic mass is 16.6. The lowest BCUT2D eigenvalue weighted by Crippen LogP contribution is -2.36. The quantitative estimate of drug-likeness (QED) is 0.460. The molecule has 2 aromatic rings. The van der Waals surface area contributed by atoms with Crippen molar-refractivity contribution in [1.82, 2.24) is 24.5 Å². The first-order valence-corrected chi connectivity index (χ1v) is 7.26. The number of aliphatic hydroxyl groups is 3. The number of aromatic nitrogens is 5. The molecule has 1 unspecified atom stereocenters. The Labute approximate surface area is 135 Å². The van der Waals surface area contributed by atoms with E-state index in [1.54, 1.807) is 13.2 Å². The van der Waals surface area contributed by atoms with Gasteiger partial charge in [0.25, 0.3) is 0 Å². The highest BCUT2D eigenvalue weighted by molar-refractivity contribution is 5.39. The van der Waals surface area contributed by atoms with Gasteiger partial charge in [-0.25, -0.2) is 4.79 Å². The summed E-state index contributed by atoms with van der Waals surface area (Å²) in [5.74, 6) is 0.0358. The van der Waals surface area contributed by atoms with Gasteiger partial charge in [-0.3, -0.25) is 9.25 Å². The molecular formula is C13H18N6O5. The van der Waals surface area contributed by atoms with Gasteiger partial charge in [-0.05, 0) is 0 Å². The molecule has 0 saturated carbocycles. The smallest absolute Gasteiger partial charge is 0.351 e. The third-order valence-corrected chi connectivity index (χ3v) is 3.87. The summed E-state index contributed by atoms with van der Waals surface area (Å²) in [4.78, 5) is 15.8. The molecule has 130 valence electrons. The van der Waals surface area contributed by atoms with Crippen LogP contribution in [-0.2, 0) is 18.2 Å². The van der Waals surface area contributed by atoms with E-state index >= 15 is 0 Å². The second kappa shape index (κ2) is 6.28. The Morgan fingerprint density at radius 1 is 1.33 bits per heavy atom. The Bertz CT molecular complexity index is 789. The first-order valence-electron chi connectivity index (χ1n) is 7.26. The fourth-order valence-corrected chi connectivity index (χ4v) is 2.62. The molecule has 1 saturated heterocycles. The molecule has 11 heteroatoms. The lowest BCUT2D eigenvalue weighted by atomic mass is 10.1. The SMILES string of the molecule is Cn1cc(Cc2cn([C@@H]3O[C@H](CO)C(O)[C@@H]3O)c(=O)nc2N)nn1. The maximum atomic E-state index is 12.1. The lowest BCUT2D eigenvalue weighted by Gasteiger charge is -2.18. The van der Waals surface area contributed by atoms with E-state index in [0.717, 1.165) is 4.57 Å².